The smallest absolute Gasteiger partial charge is 0.274 e. The predicted octanol–water partition coefficient (Wildman–Crippen LogP) is -1.55. The van der Waals surface area contributed by atoms with E-state index in [0.29, 0.717) is 26.2 Å². The minimum Gasteiger partial charge on any atom is -0.334 e. The number of hydrogen-bond acceptors (Lipinski definition) is 6. The molecule has 24 heavy (non-hydrogen) atoms. The lowest BCUT2D eigenvalue weighted by Gasteiger charge is -2.34. The van der Waals surface area contributed by atoms with Crippen molar-refractivity contribution >= 4 is 11.8 Å². The van der Waals surface area contributed by atoms with E-state index in [2.05, 4.69) is 20.4 Å². The molecule has 3 rings (SSSR count). The average molecular weight is 330 g/mol. The third-order valence-corrected chi connectivity index (χ3v) is 3.65. The van der Waals surface area contributed by atoms with E-state index in [9.17, 15) is 19.2 Å². The molecule has 2 amide bonds. The second-order valence-corrected chi connectivity index (χ2v) is 5.20. The molecule has 3 heterocycles. The highest BCUT2D eigenvalue weighted by Crippen LogP contribution is 2.08. The predicted molar refractivity (Wildman–Crippen MR) is 81.5 cm³/mol. The zero-order valence-corrected chi connectivity index (χ0v) is 12.6. The van der Waals surface area contributed by atoms with Crippen LogP contribution in [0.25, 0.3) is 0 Å². The Kier molecular flexibility index (Phi) is 4.18. The second kappa shape index (κ2) is 6.44. The summed E-state index contributed by atoms with van der Waals surface area (Å²) in [6.07, 6.45) is 0. The largest absolute Gasteiger partial charge is 0.334 e. The topological polar surface area (TPSA) is 132 Å². The van der Waals surface area contributed by atoms with Gasteiger partial charge in [0.25, 0.3) is 22.9 Å². The molecule has 0 bridgehead atoms. The van der Waals surface area contributed by atoms with Crippen LogP contribution >= 0.6 is 0 Å². The molecule has 0 saturated carbocycles. The van der Waals surface area contributed by atoms with Crippen LogP contribution in [0.1, 0.15) is 21.0 Å². The SMILES string of the molecule is O=C(c1ccc(=O)[nH]n1)N1CCN(C(=O)c2ccc(=O)[nH]n2)CC1. The van der Waals surface area contributed by atoms with Gasteiger partial charge in [0.05, 0.1) is 0 Å². The molecule has 1 aliphatic heterocycles. The van der Waals surface area contributed by atoms with Crippen molar-refractivity contribution in [3.05, 3.63) is 56.4 Å². The number of nitrogens with one attached hydrogen (secondary N) is 2. The van der Waals surface area contributed by atoms with Gasteiger partial charge in [-0.05, 0) is 12.1 Å². The molecule has 2 N–H and O–H groups in total. The quantitative estimate of drug-likeness (QED) is 0.685. The molecule has 1 fully saturated rings. The number of carbonyl (C=O) groups is 2. The first-order chi connectivity index (χ1) is 11.5. The standard InChI is InChI=1S/C14H14N6O4/c21-11-3-1-9(15-17-11)13(23)19-5-7-20(8-6-19)14(24)10-2-4-12(22)18-16-10/h1-4H,5-8H2,(H,17,21)(H,18,22). The zero-order chi connectivity index (χ0) is 17.1. The Morgan fingerprint density at radius 3 is 1.42 bits per heavy atom. The molecular formula is C14H14N6O4. The minimum atomic E-state index is -0.379. The minimum absolute atomic E-state index is 0.150. The summed E-state index contributed by atoms with van der Waals surface area (Å²) in [7, 11) is 0. The van der Waals surface area contributed by atoms with Gasteiger partial charge in [-0.25, -0.2) is 10.2 Å². The Bertz CT molecular complexity index is 767. The molecule has 0 spiro atoms. The van der Waals surface area contributed by atoms with Crippen molar-refractivity contribution in [1.29, 1.82) is 0 Å². The van der Waals surface area contributed by atoms with Crippen LogP contribution in [0.4, 0.5) is 0 Å². The van der Waals surface area contributed by atoms with Gasteiger partial charge in [-0.15, -0.1) is 0 Å². The van der Waals surface area contributed by atoms with E-state index in [1.807, 2.05) is 0 Å². The number of aromatic amines is 2. The number of piperazine rings is 1. The maximum absolute atomic E-state index is 12.3. The molecule has 1 aliphatic rings. The van der Waals surface area contributed by atoms with E-state index < -0.39 is 0 Å². The molecular weight excluding hydrogens is 316 g/mol. The summed E-state index contributed by atoms with van der Waals surface area (Å²) in [5, 5.41) is 11.9. The summed E-state index contributed by atoms with van der Waals surface area (Å²) in [4.78, 5) is 49.6. The summed E-state index contributed by atoms with van der Waals surface area (Å²) in [6.45, 7) is 1.37. The molecule has 124 valence electrons. The first-order valence-corrected chi connectivity index (χ1v) is 7.24. The van der Waals surface area contributed by atoms with E-state index in [1.165, 1.54) is 24.3 Å². The van der Waals surface area contributed by atoms with Gasteiger partial charge in [0.15, 0.2) is 0 Å². The van der Waals surface area contributed by atoms with Crippen LogP contribution in [0.5, 0.6) is 0 Å². The van der Waals surface area contributed by atoms with E-state index >= 15 is 0 Å². The lowest BCUT2D eigenvalue weighted by atomic mass is 10.2. The first-order valence-electron chi connectivity index (χ1n) is 7.24. The van der Waals surface area contributed by atoms with Gasteiger partial charge in [-0.2, -0.15) is 10.2 Å². The van der Waals surface area contributed by atoms with Crippen LogP contribution in [-0.2, 0) is 0 Å². The number of H-pyrrole nitrogens is 2. The fourth-order valence-electron chi connectivity index (χ4n) is 2.36. The summed E-state index contributed by atoms with van der Waals surface area (Å²) in [5.41, 5.74) is -0.459. The molecule has 10 nitrogen and oxygen atoms in total. The molecule has 0 aliphatic carbocycles. The number of hydrogen-bond donors (Lipinski definition) is 2. The van der Waals surface area contributed by atoms with E-state index in [0.717, 1.165) is 0 Å². The molecule has 0 radical (unpaired) electrons. The number of amides is 2. The molecule has 0 unspecified atom stereocenters. The number of nitrogens with zero attached hydrogens (tertiary/aromatic N) is 4. The van der Waals surface area contributed by atoms with Crippen molar-refractivity contribution < 1.29 is 9.59 Å². The van der Waals surface area contributed by atoms with E-state index in [1.54, 1.807) is 9.80 Å². The van der Waals surface area contributed by atoms with Crippen molar-refractivity contribution in [2.24, 2.45) is 0 Å². The normalized spacial score (nSPS) is 14.5. The Morgan fingerprint density at radius 1 is 0.750 bits per heavy atom. The van der Waals surface area contributed by atoms with Crippen molar-refractivity contribution in [3.8, 4) is 0 Å². The van der Waals surface area contributed by atoms with Crippen LogP contribution in [0, 0.1) is 0 Å². The van der Waals surface area contributed by atoms with Gasteiger partial charge in [-0.3, -0.25) is 19.2 Å². The number of aromatic nitrogens is 4. The highest BCUT2D eigenvalue weighted by molar-refractivity contribution is 5.93. The van der Waals surface area contributed by atoms with Crippen molar-refractivity contribution in [2.45, 2.75) is 0 Å². The van der Waals surface area contributed by atoms with E-state index in [4.69, 9.17) is 0 Å². The lowest BCUT2D eigenvalue weighted by Crippen LogP contribution is -2.51. The summed E-state index contributed by atoms with van der Waals surface area (Å²) in [5.74, 6) is -0.610. The van der Waals surface area contributed by atoms with Gasteiger partial charge >= 0.3 is 0 Å². The van der Waals surface area contributed by atoms with E-state index in [-0.39, 0.29) is 34.3 Å². The fourth-order valence-corrected chi connectivity index (χ4v) is 2.36. The lowest BCUT2D eigenvalue weighted by molar-refractivity contribution is 0.0527. The Labute approximate surface area is 135 Å². The Morgan fingerprint density at radius 2 is 1.12 bits per heavy atom. The third-order valence-electron chi connectivity index (χ3n) is 3.65. The maximum Gasteiger partial charge on any atom is 0.274 e. The molecule has 10 heteroatoms. The molecule has 0 atom stereocenters. The van der Waals surface area contributed by atoms with Crippen LogP contribution in [0.15, 0.2) is 33.9 Å². The van der Waals surface area contributed by atoms with Crippen molar-refractivity contribution in [1.82, 2.24) is 30.2 Å². The van der Waals surface area contributed by atoms with Crippen LogP contribution in [0.3, 0.4) is 0 Å². The third kappa shape index (κ3) is 3.21. The van der Waals surface area contributed by atoms with Crippen molar-refractivity contribution in [2.75, 3.05) is 26.2 Å². The molecule has 2 aromatic rings. The maximum atomic E-state index is 12.3. The van der Waals surface area contributed by atoms with Gasteiger partial charge in [0, 0.05) is 38.3 Å². The second-order valence-electron chi connectivity index (χ2n) is 5.20. The molecule has 1 saturated heterocycles. The number of carbonyl (C=O) groups excluding carboxylic acids is 2. The summed E-state index contributed by atoms with van der Waals surface area (Å²) >= 11 is 0. The molecule has 2 aromatic heterocycles. The number of rotatable bonds is 2. The fraction of sp³-hybridized carbons (Fsp3) is 0.286. The first kappa shape index (κ1) is 15.6. The van der Waals surface area contributed by atoms with Gasteiger partial charge in [0.2, 0.25) is 0 Å². The Balaban J connectivity index is 1.63. The monoisotopic (exact) mass is 330 g/mol. The van der Waals surface area contributed by atoms with Crippen LogP contribution < -0.4 is 11.1 Å². The van der Waals surface area contributed by atoms with Gasteiger partial charge in [-0.1, -0.05) is 0 Å². The Hall–Kier alpha value is -3.30. The highest BCUT2D eigenvalue weighted by Gasteiger charge is 2.26. The highest BCUT2D eigenvalue weighted by atomic mass is 16.2. The van der Waals surface area contributed by atoms with Crippen LogP contribution in [-0.4, -0.2) is 68.2 Å². The van der Waals surface area contributed by atoms with Crippen LogP contribution in [0.2, 0.25) is 0 Å². The van der Waals surface area contributed by atoms with Gasteiger partial charge in [0.1, 0.15) is 11.4 Å². The average Bonchev–Trinajstić information content (AvgIpc) is 2.62. The summed E-state index contributed by atoms with van der Waals surface area (Å²) < 4.78 is 0. The van der Waals surface area contributed by atoms with Gasteiger partial charge < -0.3 is 9.80 Å². The summed E-state index contributed by atoms with van der Waals surface area (Å²) in [6, 6.07) is 5.20. The zero-order valence-electron chi connectivity index (χ0n) is 12.6. The molecule has 0 aromatic carbocycles. The van der Waals surface area contributed by atoms with Crippen molar-refractivity contribution in [3.63, 3.8) is 0 Å².